The van der Waals surface area contributed by atoms with Gasteiger partial charge in [-0.2, -0.15) is 19.2 Å². The Labute approximate surface area is 413 Å². The molecule has 0 bridgehead atoms. The summed E-state index contributed by atoms with van der Waals surface area (Å²) < 4.78 is 20.9. The quantitative estimate of drug-likeness (QED) is 0.0614. The summed E-state index contributed by atoms with van der Waals surface area (Å²) in [6, 6.07) is 18.2. The van der Waals surface area contributed by atoms with E-state index in [1.165, 1.54) is 6.08 Å². The van der Waals surface area contributed by atoms with Gasteiger partial charge in [0, 0.05) is 42.5 Å². The number of aliphatic imine (C=N–C) groups is 2. The van der Waals surface area contributed by atoms with Crippen LogP contribution < -0.4 is 10.6 Å². The smallest absolute Gasteiger partial charge is 0.407 e. The maximum absolute atomic E-state index is 13.2. The first-order chi connectivity index (χ1) is 32.3. The molecule has 1 unspecified atom stereocenters. The molecule has 18 heteroatoms. The third kappa shape index (κ3) is 41.3. The van der Waals surface area contributed by atoms with Crippen molar-refractivity contribution in [3.8, 4) is 0 Å². The Morgan fingerprint density at radius 1 is 0.586 bits per heavy atom. The SMILES string of the molecule is C=CC(=O)CC[C@@H](C)NC(=O)OC(C)(C)C.C=NCC(=O)OC(C)(C)C.C[C@H](CCC(=O)CCC(N=C(c1ccccc1)c1ccccc1)C(=O)OC(C)(C)C)NC(=O)OC(C)(C)C.O=C=O.O=C=O. The Morgan fingerprint density at radius 3 is 1.29 bits per heavy atom. The van der Waals surface area contributed by atoms with E-state index in [0.717, 1.165) is 11.1 Å². The number of rotatable bonds is 18. The first-order valence-electron chi connectivity index (χ1n) is 22.5. The van der Waals surface area contributed by atoms with Crippen LogP contribution in [0.5, 0.6) is 0 Å². The van der Waals surface area contributed by atoms with E-state index < -0.39 is 46.6 Å². The predicted octanol–water partition coefficient (Wildman–Crippen LogP) is 8.57. The molecule has 2 aromatic carbocycles. The molecule has 0 aliphatic heterocycles. The Morgan fingerprint density at radius 2 is 0.943 bits per heavy atom. The summed E-state index contributed by atoms with van der Waals surface area (Å²) in [5, 5.41) is 5.42. The number of alkyl carbamates (subject to hydrolysis) is 2. The monoisotopic (exact) mass is 981 g/mol. The van der Waals surface area contributed by atoms with Gasteiger partial charge in [0.1, 0.15) is 40.8 Å². The molecule has 0 aliphatic carbocycles. The second-order valence-corrected chi connectivity index (χ2v) is 19.3. The third-order valence-corrected chi connectivity index (χ3v) is 7.85. The molecule has 2 N–H and O–H groups in total. The molecule has 0 fully saturated rings. The van der Waals surface area contributed by atoms with Crippen molar-refractivity contribution in [2.24, 2.45) is 9.98 Å². The summed E-state index contributed by atoms with van der Waals surface area (Å²) in [7, 11) is 0. The molecule has 2 amide bonds. The zero-order valence-electron chi connectivity index (χ0n) is 43.6. The molecule has 0 aromatic heterocycles. The van der Waals surface area contributed by atoms with Crippen LogP contribution in [0.4, 0.5) is 9.59 Å². The average molecular weight is 981 g/mol. The van der Waals surface area contributed by atoms with Crippen molar-refractivity contribution >= 4 is 60.4 Å². The second kappa shape index (κ2) is 35.2. The van der Waals surface area contributed by atoms with Crippen molar-refractivity contribution in [3.63, 3.8) is 0 Å². The summed E-state index contributed by atoms with van der Waals surface area (Å²) in [6.07, 6.45) is 2.94. The molecule has 0 aliphatic rings. The Balaban J connectivity index is -0.00000114. The molecule has 0 spiro atoms. The molecule has 2 rings (SSSR count). The summed E-state index contributed by atoms with van der Waals surface area (Å²) in [4.78, 5) is 112. The normalized spacial score (nSPS) is 11.8. The first kappa shape index (κ1) is 67.4. The summed E-state index contributed by atoms with van der Waals surface area (Å²) >= 11 is 0. The van der Waals surface area contributed by atoms with Crippen LogP contribution in [0.1, 0.15) is 147 Å². The number of hydrogen-bond acceptors (Lipinski definition) is 16. The fourth-order valence-electron chi connectivity index (χ4n) is 5.16. The lowest BCUT2D eigenvalue weighted by molar-refractivity contribution is -0.193. The molecule has 388 valence electrons. The molecular weight excluding hydrogens is 905 g/mol. The van der Waals surface area contributed by atoms with E-state index in [1.54, 1.807) is 41.5 Å². The number of carbonyl (C=O) groups excluding carboxylic acids is 10. The zero-order chi connectivity index (χ0) is 54.7. The lowest BCUT2D eigenvalue weighted by Gasteiger charge is -2.23. The number of nitrogens with one attached hydrogen (secondary N) is 2. The van der Waals surface area contributed by atoms with Crippen molar-refractivity contribution in [1.82, 2.24) is 10.6 Å². The van der Waals surface area contributed by atoms with Gasteiger partial charge >= 0.3 is 36.4 Å². The summed E-state index contributed by atoms with van der Waals surface area (Å²) in [6.45, 7) is 31.9. The molecule has 2 aromatic rings. The van der Waals surface area contributed by atoms with Gasteiger partial charge in [-0.05, 0) is 129 Å². The Hall–Kier alpha value is -6.90. The summed E-state index contributed by atoms with van der Waals surface area (Å²) in [5.41, 5.74) is 0.237. The van der Waals surface area contributed by atoms with Gasteiger partial charge in [0.05, 0.1) is 5.71 Å². The first-order valence-corrected chi connectivity index (χ1v) is 22.5. The number of hydrogen-bond donors (Lipinski definition) is 2. The second-order valence-electron chi connectivity index (χ2n) is 19.3. The Kier molecular flexibility index (Phi) is 33.9. The van der Waals surface area contributed by atoms with Crippen LogP contribution >= 0.6 is 0 Å². The highest BCUT2D eigenvalue weighted by atomic mass is 16.6. The lowest BCUT2D eigenvalue weighted by Crippen LogP contribution is -2.37. The van der Waals surface area contributed by atoms with Gasteiger partial charge in [-0.15, -0.1) is 0 Å². The van der Waals surface area contributed by atoms with E-state index in [1.807, 2.05) is 116 Å². The zero-order valence-corrected chi connectivity index (χ0v) is 43.6. The van der Waals surface area contributed by atoms with Crippen LogP contribution in [0.2, 0.25) is 0 Å². The van der Waals surface area contributed by atoms with E-state index in [2.05, 4.69) is 28.9 Å². The van der Waals surface area contributed by atoms with E-state index in [-0.39, 0.29) is 67.7 Å². The van der Waals surface area contributed by atoms with Gasteiger partial charge < -0.3 is 29.6 Å². The number of Topliss-reactive ketones (excluding diaryl/α,β-unsaturated/α-hetero) is 1. The highest BCUT2D eigenvalue weighted by Gasteiger charge is 2.27. The molecule has 0 heterocycles. The average Bonchev–Trinajstić information content (AvgIpc) is 3.21. The van der Waals surface area contributed by atoms with Crippen LogP contribution in [0, 0.1) is 0 Å². The van der Waals surface area contributed by atoms with Crippen LogP contribution in [0.15, 0.2) is 83.3 Å². The van der Waals surface area contributed by atoms with Crippen molar-refractivity contribution < 1.29 is 66.9 Å². The maximum Gasteiger partial charge on any atom is 0.407 e. The number of benzene rings is 2. The van der Waals surface area contributed by atoms with Gasteiger partial charge in [0.2, 0.25) is 0 Å². The highest BCUT2D eigenvalue weighted by molar-refractivity contribution is 6.13. The molecule has 70 heavy (non-hydrogen) atoms. The van der Waals surface area contributed by atoms with Gasteiger partial charge in [0.25, 0.3) is 0 Å². The number of ketones is 2. The standard InChI is InChI=1S/C31H42N2O5.C12H21NO3.C7H13NO2.2CO2/c1-22(32-29(36)38-31(5,6)7)18-19-25(34)20-21-26(28(35)37-30(2,3)4)33-27(23-14-10-8-11-15-23)24-16-12-9-13-17-24;1-6-10(14)8-7-9(2)13-11(15)16-12(3,4)5;1-7(2,3)10-6(9)5-8-4;2*2-1-3/h8-17,22,26H,18-21H2,1-7H3,(H,32,36);6,9H,1,7-8H2,2-5H3,(H,13,15);4-5H2,1-3H3;;/t22-,26?;9-;;;/m11.../s1. The molecule has 0 radical (unpaired) electrons. The number of carbonyl (C=O) groups is 6. The van der Waals surface area contributed by atoms with Crippen molar-refractivity contribution in [1.29, 1.82) is 0 Å². The van der Waals surface area contributed by atoms with Gasteiger partial charge in [0.15, 0.2) is 5.78 Å². The number of esters is 2. The lowest BCUT2D eigenvalue weighted by atomic mass is 10.0. The topological polar surface area (TPSA) is 256 Å². The predicted molar refractivity (Wildman–Crippen MR) is 264 cm³/mol. The third-order valence-electron chi connectivity index (χ3n) is 7.85. The minimum absolute atomic E-state index is 0.00688. The number of amides is 2. The summed E-state index contributed by atoms with van der Waals surface area (Å²) in [5.74, 6) is -0.817. The fraction of sp³-hybridized carbons (Fsp3) is 0.538. The Bertz CT molecular complexity index is 1960. The van der Waals surface area contributed by atoms with Gasteiger partial charge in [-0.3, -0.25) is 24.4 Å². The maximum atomic E-state index is 13.2. The molecule has 0 saturated carbocycles. The van der Waals surface area contributed by atoms with Crippen LogP contribution in [0.3, 0.4) is 0 Å². The van der Waals surface area contributed by atoms with Crippen molar-refractivity contribution in [2.45, 2.75) is 176 Å². The van der Waals surface area contributed by atoms with Crippen molar-refractivity contribution in [3.05, 3.63) is 84.4 Å². The van der Waals surface area contributed by atoms with E-state index in [0.29, 0.717) is 25.0 Å². The number of ether oxygens (including phenoxy) is 4. The number of allylic oxidation sites excluding steroid dienone is 1. The molecule has 3 atom stereocenters. The van der Waals surface area contributed by atoms with Gasteiger partial charge in [-0.25, -0.2) is 14.4 Å². The fourth-order valence-corrected chi connectivity index (χ4v) is 5.16. The largest absolute Gasteiger partial charge is 0.459 e. The van der Waals surface area contributed by atoms with E-state index in [4.69, 9.17) is 43.1 Å². The van der Waals surface area contributed by atoms with Crippen LogP contribution in [-0.4, -0.2) is 107 Å². The molecular formula is C52H76N4O14. The van der Waals surface area contributed by atoms with E-state index >= 15 is 0 Å². The minimum atomic E-state index is -0.842. The van der Waals surface area contributed by atoms with Gasteiger partial charge in [-0.1, -0.05) is 67.2 Å². The minimum Gasteiger partial charge on any atom is -0.459 e. The highest BCUT2D eigenvalue weighted by Crippen LogP contribution is 2.19. The number of nitrogens with zero attached hydrogens (tertiary/aromatic N) is 2. The van der Waals surface area contributed by atoms with Crippen LogP contribution in [0.25, 0.3) is 0 Å². The molecule has 0 saturated heterocycles. The molecule has 18 nitrogen and oxygen atoms in total. The van der Waals surface area contributed by atoms with E-state index in [9.17, 15) is 28.8 Å². The van der Waals surface area contributed by atoms with Crippen molar-refractivity contribution in [2.75, 3.05) is 6.54 Å². The van der Waals surface area contributed by atoms with Crippen LogP contribution in [-0.2, 0) is 57.3 Å².